The number of methoxy groups -OCH3 is 1. The van der Waals surface area contributed by atoms with Gasteiger partial charge in [-0.2, -0.15) is 0 Å². The van der Waals surface area contributed by atoms with Crippen LogP contribution < -0.4 is 4.74 Å². The van der Waals surface area contributed by atoms with E-state index in [4.69, 9.17) is 9.15 Å². The third kappa shape index (κ3) is 1.10. The van der Waals surface area contributed by atoms with Crippen LogP contribution in [0.5, 0.6) is 5.95 Å². The minimum Gasteiger partial charge on any atom is -0.468 e. The number of rotatable bonds is 1. The van der Waals surface area contributed by atoms with Crippen molar-refractivity contribution in [2.45, 2.75) is 0 Å². The Morgan fingerprint density at radius 3 is 3.08 bits per heavy atom. The van der Waals surface area contributed by atoms with E-state index >= 15 is 0 Å². The van der Waals surface area contributed by atoms with Crippen LogP contribution in [0.25, 0.3) is 11.3 Å². The SMILES string of the molecule is COc1cc(Br)c2c[c]cc-2o1. The average molecular weight is 226 g/mol. The Hall–Kier alpha value is -0.960. The summed E-state index contributed by atoms with van der Waals surface area (Å²) in [5.41, 5.74) is 1.01. The smallest absolute Gasteiger partial charge is 0.285 e. The van der Waals surface area contributed by atoms with E-state index in [1.807, 2.05) is 6.07 Å². The predicted molar refractivity (Wildman–Crippen MR) is 48.4 cm³/mol. The molecule has 0 aromatic carbocycles. The quantitative estimate of drug-likeness (QED) is 0.745. The molecule has 2 rings (SSSR count). The Kier molecular flexibility index (Phi) is 1.81. The lowest BCUT2D eigenvalue weighted by molar-refractivity contribution is 0.301. The van der Waals surface area contributed by atoms with Crippen molar-refractivity contribution in [3.05, 3.63) is 28.7 Å². The van der Waals surface area contributed by atoms with Crippen molar-refractivity contribution in [2.75, 3.05) is 7.11 Å². The highest BCUT2D eigenvalue weighted by molar-refractivity contribution is 9.10. The topological polar surface area (TPSA) is 22.4 Å². The molecule has 2 aliphatic rings. The van der Waals surface area contributed by atoms with E-state index in [2.05, 4.69) is 22.0 Å². The Morgan fingerprint density at radius 1 is 1.50 bits per heavy atom. The van der Waals surface area contributed by atoms with Crippen molar-refractivity contribution in [3.8, 4) is 17.3 Å². The molecule has 61 valence electrons. The predicted octanol–water partition coefficient (Wildman–Crippen LogP) is 2.96. The normalized spacial score (nSPS) is 10.5. The zero-order chi connectivity index (χ0) is 8.55. The summed E-state index contributed by atoms with van der Waals surface area (Å²) in [5.74, 6) is 1.27. The van der Waals surface area contributed by atoms with Gasteiger partial charge in [0.15, 0.2) is 0 Å². The molecule has 0 atom stereocenters. The largest absolute Gasteiger partial charge is 0.468 e. The van der Waals surface area contributed by atoms with Crippen LogP contribution in [0.4, 0.5) is 0 Å². The molecule has 0 unspecified atom stereocenters. The number of hydrogen-bond donors (Lipinski definition) is 0. The van der Waals surface area contributed by atoms with E-state index in [1.54, 1.807) is 19.2 Å². The molecule has 0 saturated heterocycles. The number of fused-ring (bicyclic) bond motifs is 1. The van der Waals surface area contributed by atoms with Gasteiger partial charge in [0, 0.05) is 16.1 Å². The monoisotopic (exact) mass is 225 g/mol. The van der Waals surface area contributed by atoms with Crippen molar-refractivity contribution in [1.82, 2.24) is 0 Å². The van der Waals surface area contributed by atoms with Crippen LogP contribution in [0.15, 0.2) is 27.1 Å². The summed E-state index contributed by atoms with van der Waals surface area (Å²) in [5, 5.41) is 0. The molecule has 0 N–H and O–H groups in total. The lowest BCUT2D eigenvalue weighted by Crippen LogP contribution is -1.84. The van der Waals surface area contributed by atoms with Gasteiger partial charge >= 0.3 is 0 Å². The van der Waals surface area contributed by atoms with Crippen LogP contribution in [-0.2, 0) is 0 Å². The van der Waals surface area contributed by atoms with Crippen molar-refractivity contribution in [2.24, 2.45) is 0 Å². The zero-order valence-electron chi connectivity index (χ0n) is 6.43. The van der Waals surface area contributed by atoms with Gasteiger partial charge in [0.05, 0.1) is 7.11 Å². The summed E-state index contributed by atoms with van der Waals surface area (Å²) < 4.78 is 11.3. The molecule has 0 bridgehead atoms. The van der Waals surface area contributed by atoms with E-state index in [9.17, 15) is 0 Å². The molecule has 0 aromatic heterocycles. The number of halogens is 1. The highest BCUT2D eigenvalue weighted by Crippen LogP contribution is 2.34. The van der Waals surface area contributed by atoms with Crippen LogP contribution in [0, 0.1) is 6.07 Å². The van der Waals surface area contributed by atoms with Crippen LogP contribution in [0.1, 0.15) is 0 Å². The highest BCUT2D eigenvalue weighted by atomic mass is 79.9. The highest BCUT2D eigenvalue weighted by Gasteiger charge is 2.10. The van der Waals surface area contributed by atoms with Crippen molar-refractivity contribution < 1.29 is 9.15 Å². The molecule has 1 radical (unpaired) electrons. The second-order valence-electron chi connectivity index (χ2n) is 2.35. The number of ether oxygens (including phenoxy) is 1. The molecular weight excluding hydrogens is 220 g/mol. The van der Waals surface area contributed by atoms with Gasteiger partial charge in [-0.05, 0) is 34.1 Å². The fraction of sp³-hybridized carbons (Fsp3) is 0.111. The Labute approximate surface area is 78.6 Å². The first-order chi connectivity index (χ1) is 5.81. The summed E-state index contributed by atoms with van der Waals surface area (Å²) in [7, 11) is 1.57. The molecule has 0 amide bonds. The molecule has 0 fully saturated rings. The lowest BCUT2D eigenvalue weighted by Gasteiger charge is -2.04. The standard InChI is InChI=1S/C9H6BrO2/c1-11-9-5-7(10)6-3-2-4-8(6)12-9/h3-5H,1H3. The Bertz CT molecular complexity index is 367. The van der Waals surface area contributed by atoms with E-state index in [0.29, 0.717) is 5.95 Å². The third-order valence-electron chi connectivity index (χ3n) is 1.62. The molecule has 3 heteroatoms. The first kappa shape index (κ1) is 7.68. The van der Waals surface area contributed by atoms with Crippen LogP contribution in [0.3, 0.4) is 0 Å². The van der Waals surface area contributed by atoms with Crippen LogP contribution >= 0.6 is 15.9 Å². The summed E-state index contributed by atoms with van der Waals surface area (Å²) >= 11 is 3.41. The van der Waals surface area contributed by atoms with Gasteiger partial charge < -0.3 is 9.15 Å². The maximum Gasteiger partial charge on any atom is 0.285 e. The maximum atomic E-state index is 5.35. The second kappa shape index (κ2) is 2.83. The van der Waals surface area contributed by atoms with E-state index in [-0.39, 0.29) is 0 Å². The summed E-state index contributed by atoms with van der Waals surface area (Å²) in [6, 6.07) is 8.38. The average Bonchev–Trinajstić information content (AvgIpc) is 2.52. The van der Waals surface area contributed by atoms with Gasteiger partial charge in [0.2, 0.25) is 0 Å². The Morgan fingerprint density at radius 2 is 2.33 bits per heavy atom. The van der Waals surface area contributed by atoms with Crippen LogP contribution in [-0.4, -0.2) is 7.11 Å². The van der Waals surface area contributed by atoms with Crippen molar-refractivity contribution in [3.63, 3.8) is 0 Å². The van der Waals surface area contributed by atoms with Crippen LogP contribution in [0.2, 0.25) is 0 Å². The molecule has 0 saturated carbocycles. The number of hydrogen-bond acceptors (Lipinski definition) is 2. The fourth-order valence-electron chi connectivity index (χ4n) is 1.04. The van der Waals surface area contributed by atoms with Gasteiger partial charge in [-0.25, -0.2) is 0 Å². The minimum atomic E-state index is 0.494. The van der Waals surface area contributed by atoms with Crippen molar-refractivity contribution >= 4 is 15.9 Å². The molecule has 0 spiro atoms. The minimum absolute atomic E-state index is 0.494. The van der Waals surface area contributed by atoms with E-state index in [1.165, 1.54) is 0 Å². The second-order valence-corrected chi connectivity index (χ2v) is 3.21. The van der Waals surface area contributed by atoms with Gasteiger partial charge in [-0.15, -0.1) is 0 Å². The van der Waals surface area contributed by atoms with E-state index < -0.39 is 0 Å². The van der Waals surface area contributed by atoms with E-state index in [0.717, 1.165) is 15.8 Å². The maximum absolute atomic E-state index is 5.35. The first-order valence-corrected chi connectivity index (χ1v) is 4.23. The molecule has 1 heterocycles. The molecule has 1 aliphatic heterocycles. The fourth-order valence-corrected chi connectivity index (χ4v) is 1.54. The van der Waals surface area contributed by atoms with Crippen molar-refractivity contribution in [1.29, 1.82) is 0 Å². The Balaban J connectivity index is 2.67. The molecule has 2 nitrogen and oxygen atoms in total. The lowest BCUT2D eigenvalue weighted by atomic mass is 10.2. The molecular formula is C9H6BrO2. The molecule has 12 heavy (non-hydrogen) atoms. The zero-order valence-corrected chi connectivity index (χ0v) is 8.01. The van der Waals surface area contributed by atoms with Gasteiger partial charge in [0.25, 0.3) is 5.95 Å². The summed E-state index contributed by atoms with van der Waals surface area (Å²) in [4.78, 5) is 0. The van der Waals surface area contributed by atoms with Gasteiger partial charge in [-0.1, -0.05) is 0 Å². The third-order valence-corrected chi connectivity index (χ3v) is 2.28. The van der Waals surface area contributed by atoms with Gasteiger partial charge in [0.1, 0.15) is 5.76 Å². The van der Waals surface area contributed by atoms with Gasteiger partial charge in [-0.3, -0.25) is 0 Å². The summed E-state index contributed by atoms with van der Waals surface area (Å²) in [6.07, 6.45) is 0. The summed E-state index contributed by atoms with van der Waals surface area (Å²) in [6.45, 7) is 0. The first-order valence-electron chi connectivity index (χ1n) is 3.44. The molecule has 1 aliphatic carbocycles. The molecule has 0 aromatic rings.